The quantitative estimate of drug-likeness (QED) is 0.902. The average molecular weight is 337 g/mol. The molecule has 100 valence electrons. The molecule has 2 atom stereocenters. The Labute approximate surface area is 114 Å². The van der Waals surface area contributed by atoms with Crippen molar-refractivity contribution in [3.05, 3.63) is 34.1 Å². The Bertz CT molecular complexity index is 573. The van der Waals surface area contributed by atoms with Gasteiger partial charge in [-0.3, -0.25) is 0 Å². The first kappa shape index (κ1) is 14.0. The lowest BCUT2D eigenvalue weighted by Gasteiger charge is -2.29. The number of hydrogen-bond acceptors (Lipinski definition) is 3. The lowest BCUT2D eigenvalue weighted by Crippen LogP contribution is -2.40. The molecule has 2 unspecified atom stereocenters. The van der Waals surface area contributed by atoms with Crippen LogP contribution in [0.25, 0.3) is 0 Å². The molecule has 6 heteroatoms. The van der Waals surface area contributed by atoms with Gasteiger partial charge < -0.3 is 5.11 Å². The maximum Gasteiger partial charge on any atom is 0.153 e. The van der Waals surface area contributed by atoms with Gasteiger partial charge in [0.15, 0.2) is 9.84 Å². The molecule has 0 radical (unpaired) electrons. The highest BCUT2D eigenvalue weighted by molar-refractivity contribution is 9.10. The second-order valence-corrected chi connectivity index (χ2v) is 7.90. The summed E-state index contributed by atoms with van der Waals surface area (Å²) >= 11 is 3.21. The summed E-state index contributed by atoms with van der Waals surface area (Å²) in [5.74, 6) is -0.573. The minimum Gasteiger partial charge on any atom is -0.384 e. The molecule has 1 N–H and O–H groups in total. The molecule has 2 rings (SSSR count). The van der Waals surface area contributed by atoms with Crippen molar-refractivity contribution >= 4 is 25.8 Å². The van der Waals surface area contributed by atoms with Crippen molar-refractivity contribution in [1.29, 1.82) is 0 Å². The van der Waals surface area contributed by atoms with Crippen molar-refractivity contribution in [3.63, 3.8) is 0 Å². The summed E-state index contributed by atoms with van der Waals surface area (Å²) in [6.07, 6.45) is 2.28. The maximum absolute atomic E-state index is 13.9. The van der Waals surface area contributed by atoms with Gasteiger partial charge in [0.05, 0.1) is 5.25 Å². The summed E-state index contributed by atoms with van der Waals surface area (Å²) in [6, 6.07) is 4.21. The molecule has 1 aliphatic rings. The highest BCUT2D eigenvalue weighted by atomic mass is 79.9. The number of rotatable bonds is 2. The molecule has 3 nitrogen and oxygen atoms in total. The van der Waals surface area contributed by atoms with Crippen LogP contribution in [0.3, 0.4) is 0 Å². The first-order valence-electron chi connectivity index (χ1n) is 5.62. The molecular formula is C12H14BrFO3S. The van der Waals surface area contributed by atoms with E-state index in [0.29, 0.717) is 17.3 Å². The van der Waals surface area contributed by atoms with Gasteiger partial charge in [-0.2, -0.15) is 0 Å². The second-order valence-electron chi connectivity index (χ2n) is 4.76. The van der Waals surface area contributed by atoms with Crippen LogP contribution in [0.2, 0.25) is 0 Å². The van der Waals surface area contributed by atoms with Crippen molar-refractivity contribution in [2.45, 2.75) is 30.1 Å². The van der Waals surface area contributed by atoms with Crippen molar-refractivity contribution in [2.75, 3.05) is 6.26 Å². The van der Waals surface area contributed by atoms with E-state index in [9.17, 15) is 17.9 Å². The number of sulfone groups is 1. The van der Waals surface area contributed by atoms with Gasteiger partial charge in [-0.05, 0) is 37.5 Å². The Morgan fingerprint density at radius 1 is 1.50 bits per heavy atom. The van der Waals surface area contributed by atoms with Gasteiger partial charge in [-0.25, -0.2) is 12.8 Å². The highest BCUT2D eigenvalue weighted by Crippen LogP contribution is 2.43. The zero-order chi connectivity index (χ0) is 13.6. The molecule has 0 amide bonds. The van der Waals surface area contributed by atoms with Gasteiger partial charge in [-0.1, -0.05) is 15.9 Å². The molecule has 0 bridgehead atoms. The monoisotopic (exact) mass is 336 g/mol. The van der Waals surface area contributed by atoms with Gasteiger partial charge in [0.25, 0.3) is 0 Å². The van der Waals surface area contributed by atoms with Crippen LogP contribution in [0, 0.1) is 5.82 Å². The first-order valence-corrected chi connectivity index (χ1v) is 8.36. The molecule has 0 aliphatic heterocycles. The van der Waals surface area contributed by atoms with Gasteiger partial charge >= 0.3 is 0 Å². The molecule has 0 aromatic heterocycles. The summed E-state index contributed by atoms with van der Waals surface area (Å²) in [5, 5.41) is 9.69. The summed E-state index contributed by atoms with van der Waals surface area (Å²) in [5.41, 5.74) is -1.56. The fraction of sp³-hybridized carbons (Fsp3) is 0.500. The van der Waals surface area contributed by atoms with Crippen molar-refractivity contribution in [2.24, 2.45) is 0 Å². The number of halogens is 2. The van der Waals surface area contributed by atoms with Crippen molar-refractivity contribution < 1.29 is 17.9 Å². The van der Waals surface area contributed by atoms with E-state index < -0.39 is 26.5 Å². The average Bonchev–Trinajstić information content (AvgIpc) is 2.65. The third-order valence-electron chi connectivity index (χ3n) is 3.47. The van der Waals surface area contributed by atoms with Gasteiger partial charge in [0.1, 0.15) is 11.4 Å². The van der Waals surface area contributed by atoms with Crippen molar-refractivity contribution in [1.82, 2.24) is 0 Å². The standard InChI is InChI=1S/C12H14BrFO3S/c1-18(16,17)11-3-2-6-12(11,15)9-7-8(13)4-5-10(9)14/h4-5,7,11,15H,2-3,6H2,1H3. The minimum atomic E-state index is -3.42. The minimum absolute atomic E-state index is 0.0600. The van der Waals surface area contributed by atoms with Gasteiger partial charge in [0, 0.05) is 16.3 Å². The molecule has 0 saturated heterocycles. The van der Waals surface area contributed by atoms with Crippen LogP contribution in [0.5, 0.6) is 0 Å². The summed E-state index contributed by atoms with van der Waals surface area (Å²) in [4.78, 5) is 0. The Morgan fingerprint density at radius 3 is 2.78 bits per heavy atom. The Hall–Kier alpha value is -0.460. The highest BCUT2D eigenvalue weighted by Gasteiger charge is 2.49. The van der Waals surface area contributed by atoms with E-state index in [1.165, 1.54) is 18.2 Å². The van der Waals surface area contributed by atoms with Crippen LogP contribution in [0.1, 0.15) is 24.8 Å². The molecule has 18 heavy (non-hydrogen) atoms. The Balaban J connectivity index is 2.57. The first-order chi connectivity index (χ1) is 8.25. The lowest BCUT2D eigenvalue weighted by molar-refractivity contribution is 0.0439. The van der Waals surface area contributed by atoms with Crippen LogP contribution in [-0.4, -0.2) is 25.0 Å². The van der Waals surface area contributed by atoms with E-state index >= 15 is 0 Å². The summed E-state index contributed by atoms with van der Waals surface area (Å²) in [7, 11) is -3.42. The predicted octanol–water partition coefficient (Wildman–Crippen LogP) is 2.37. The van der Waals surface area contributed by atoms with E-state index in [1.807, 2.05) is 0 Å². The molecular weight excluding hydrogens is 323 g/mol. The Kier molecular flexibility index (Phi) is 3.55. The number of aliphatic hydroxyl groups is 1. The molecule has 1 aromatic carbocycles. The van der Waals surface area contributed by atoms with Crippen LogP contribution < -0.4 is 0 Å². The predicted molar refractivity (Wildman–Crippen MR) is 70.5 cm³/mol. The van der Waals surface area contributed by atoms with E-state index in [2.05, 4.69) is 15.9 Å². The van der Waals surface area contributed by atoms with Crippen LogP contribution >= 0.6 is 15.9 Å². The Morgan fingerprint density at radius 2 is 2.17 bits per heavy atom. The van der Waals surface area contributed by atoms with Crippen LogP contribution in [0.15, 0.2) is 22.7 Å². The van der Waals surface area contributed by atoms with Gasteiger partial charge in [-0.15, -0.1) is 0 Å². The van der Waals surface area contributed by atoms with Crippen LogP contribution in [-0.2, 0) is 15.4 Å². The fourth-order valence-corrected chi connectivity index (χ4v) is 4.57. The lowest BCUT2D eigenvalue weighted by atomic mass is 9.91. The SMILES string of the molecule is CS(=O)(=O)C1CCCC1(O)c1cc(Br)ccc1F. The normalized spacial score (nSPS) is 28.6. The smallest absolute Gasteiger partial charge is 0.153 e. The molecule has 1 aromatic rings. The summed E-state index contributed by atoms with van der Waals surface area (Å²) in [6.45, 7) is 0. The second kappa shape index (κ2) is 4.58. The maximum atomic E-state index is 13.9. The van der Waals surface area contributed by atoms with Crippen LogP contribution in [0.4, 0.5) is 4.39 Å². The van der Waals surface area contributed by atoms with E-state index in [0.717, 1.165) is 6.26 Å². The molecule has 1 aliphatic carbocycles. The van der Waals surface area contributed by atoms with E-state index in [4.69, 9.17) is 0 Å². The number of hydrogen-bond donors (Lipinski definition) is 1. The fourth-order valence-electron chi connectivity index (χ4n) is 2.66. The zero-order valence-electron chi connectivity index (χ0n) is 9.86. The molecule has 1 saturated carbocycles. The van der Waals surface area contributed by atoms with Crippen molar-refractivity contribution in [3.8, 4) is 0 Å². The summed E-state index contributed by atoms with van der Waals surface area (Å²) < 4.78 is 37.9. The third-order valence-corrected chi connectivity index (χ3v) is 5.62. The van der Waals surface area contributed by atoms with Gasteiger partial charge in [0.2, 0.25) is 0 Å². The zero-order valence-corrected chi connectivity index (χ0v) is 12.3. The molecule has 0 heterocycles. The largest absolute Gasteiger partial charge is 0.384 e. The number of benzene rings is 1. The third kappa shape index (κ3) is 2.33. The topological polar surface area (TPSA) is 54.4 Å². The molecule has 1 fully saturated rings. The van der Waals surface area contributed by atoms with E-state index in [-0.39, 0.29) is 12.0 Å². The van der Waals surface area contributed by atoms with E-state index in [1.54, 1.807) is 0 Å². The molecule has 0 spiro atoms.